The van der Waals surface area contributed by atoms with Crippen molar-refractivity contribution in [3.63, 3.8) is 0 Å². The van der Waals surface area contributed by atoms with Crippen LogP contribution in [0.2, 0.25) is 0 Å². The first kappa shape index (κ1) is 17.5. The summed E-state index contributed by atoms with van der Waals surface area (Å²) in [5.41, 5.74) is 1.54. The Bertz CT molecular complexity index is 982. The Morgan fingerprint density at radius 1 is 1.26 bits per heavy atom. The maximum Gasteiger partial charge on any atom is 0.306 e. The fourth-order valence-corrected chi connectivity index (χ4v) is 4.00. The van der Waals surface area contributed by atoms with Crippen LogP contribution in [-0.4, -0.2) is 45.3 Å². The number of rotatable bonds is 3. The Labute approximate surface area is 158 Å². The number of carbonyl (C=O) groups excluding carboxylic acids is 2. The number of carboxylic acid groups (broad SMARTS) is 1. The van der Waals surface area contributed by atoms with Crippen LogP contribution < -0.4 is 10.2 Å². The van der Waals surface area contributed by atoms with E-state index in [-0.39, 0.29) is 11.2 Å². The molecule has 9 heteroatoms. The summed E-state index contributed by atoms with van der Waals surface area (Å²) in [5, 5.41) is 11.9. The molecule has 0 aliphatic carbocycles. The summed E-state index contributed by atoms with van der Waals surface area (Å²) in [6.45, 7) is 1.22. The maximum atomic E-state index is 11.8. The van der Waals surface area contributed by atoms with E-state index in [1.54, 1.807) is 6.08 Å². The van der Waals surface area contributed by atoms with Crippen molar-refractivity contribution in [2.24, 2.45) is 5.92 Å². The number of hydrogen-bond acceptors (Lipinski definition) is 7. The molecule has 138 valence electrons. The molecule has 0 spiro atoms. The van der Waals surface area contributed by atoms with Gasteiger partial charge in [0, 0.05) is 18.5 Å². The number of nitrogens with zero attached hydrogens (tertiary/aromatic N) is 3. The fraction of sp³-hybridized carbons (Fsp3) is 0.278. The number of anilines is 1. The molecule has 0 unspecified atom stereocenters. The first-order chi connectivity index (χ1) is 13.0. The molecular weight excluding hydrogens is 368 g/mol. The van der Waals surface area contributed by atoms with Gasteiger partial charge in [-0.3, -0.25) is 19.7 Å². The normalized spacial score (nSPS) is 19.7. The van der Waals surface area contributed by atoms with Gasteiger partial charge in [0.1, 0.15) is 12.1 Å². The van der Waals surface area contributed by atoms with Crippen LogP contribution in [0, 0.1) is 5.92 Å². The molecule has 1 aromatic heterocycles. The van der Waals surface area contributed by atoms with E-state index in [1.165, 1.54) is 6.33 Å². The maximum absolute atomic E-state index is 11.8. The smallest absolute Gasteiger partial charge is 0.306 e. The molecule has 0 atom stereocenters. The number of aliphatic carboxylic acids is 1. The van der Waals surface area contributed by atoms with Gasteiger partial charge in [0.05, 0.1) is 16.3 Å². The predicted molar refractivity (Wildman–Crippen MR) is 101 cm³/mol. The highest BCUT2D eigenvalue weighted by Crippen LogP contribution is 2.30. The van der Waals surface area contributed by atoms with Crippen LogP contribution in [0.25, 0.3) is 17.0 Å². The number of carbonyl (C=O) groups is 3. The number of fused-ring (bicyclic) bond motifs is 1. The summed E-state index contributed by atoms with van der Waals surface area (Å²) >= 11 is 0.873. The molecule has 2 saturated heterocycles. The number of hydrogen-bond donors (Lipinski definition) is 2. The molecule has 2 amide bonds. The molecule has 4 rings (SSSR count). The summed E-state index contributed by atoms with van der Waals surface area (Å²) in [7, 11) is 0. The van der Waals surface area contributed by atoms with Crippen LogP contribution in [0.3, 0.4) is 0 Å². The Balaban J connectivity index is 1.66. The molecule has 2 fully saturated rings. The van der Waals surface area contributed by atoms with Gasteiger partial charge < -0.3 is 10.0 Å². The average Bonchev–Trinajstić information content (AvgIpc) is 2.98. The van der Waals surface area contributed by atoms with Crippen molar-refractivity contribution in [1.29, 1.82) is 0 Å². The van der Waals surface area contributed by atoms with Gasteiger partial charge in [-0.2, -0.15) is 0 Å². The Hall–Kier alpha value is -2.94. The molecule has 0 bridgehead atoms. The monoisotopic (exact) mass is 384 g/mol. The SMILES string of the molecule is O=C1NC(=O)/C(=C\c2ccc3ncnc(N4CCC(C(=O)O)CC4)c3c2)S1. The van der Waals surface area contributed by atoms with Gasteiger partial charge in [-0.05, 0) is 48.4 Å². The lowest BCUT2D eigenvalue weighted by molar-refractivity contribution is -0.142. The van der Waals surface area contributed by atoms with Crippen molar-refractivity contribution >= 4 is 51.7 Å². The molecule has 2 aliphatic heterocycles. The minimum atomic E-state index is -0.752. The van der Waals surface area contributed by atoms with Crippen LogP contribution in [-0.2, 0) is 9.59 Å². The largest absolute Gasteiger partial charge is 0.481 e. The van der Waals surface area contributed by atoms with Crippen molar-refractivity contribution < 1.29 is 19.5 Å². The fourth-order valence-electron chi connectivity index (χ4n) is 3.31. The molecule has 2 aromatic rings. The van der Waals surface area contributed by atoms with Crippen molar-refractivity contribution in [3.05, 3.63) is 35.0 Å². The summed E-state index contributed by atoms with van der Waals surface area (Å²) in [6, 6.07) is 5.56. The van der Waals surface area contributed by atoms with E-state index < -0.39 is 11.9 Å². The summed E-state index contributed by atoms with van der Waals surface area (Å²) in [5.74, 6) is -0.711. The molecule has 0 saturated carbocycles. The lowest BCUT2D eigenvalue weighted by Gasteiger charge is -2.31. The lowest BCUT2D eigenvalue weighted by Crippen LogP contribution is -2.36. The second-order valence-corrected chi connectivity index (χ2v) is 7.44. The Morgan fingerprint density at radius 3 is 2.70 bits per heavy atom. The zero-order valence-electron chi connectivity index (χ0n) is 14.2. The molecule has 2 aliphatic rings. The van der Waals surface area contributed by atoms with Crippen LogP contribution in [0.5, 0.6) is 0 Å². The number of benzene rings is 1. The minimum Gasteiger partial charge on any atom is -0.481 e. The molecule has 8 nitrogen and oxygen atoms in total. The van der Waals surface area contributed by atoms with E-state index >= 15 is 0 Å². The van der Waals surface area contributed by atoms with E-state index in [9.17, 15) is 14.4 Å². The van der Waals surface area contributed by atoms with Gasteiger partial charge in [0.2, 0.25) is 0 Å². The predicted octanol–water partition coefficient (Wildman–Crippen LogP) is 2.25. The Morgan fingerprint density at radius 2 is 2.04 bits per heavy atom. The van der Waals surface area contributed by atoms with E-state index in [0.29, 0.717) is 30.8 Å². The van der Waals surface area contributed by atoms with Crippen LogP contribution >= 0.6 is 11.8 Å². The summed E-state index contributed by atoms with van der Waals surface area (Å²) < 4.78 is 0. The lowest BCUT2D eigenvalue weighted by atomic mass is 9.97. The van der Waals surface area contributed by atoms with Crippen molar-refractivity contribution in [2.75, 3.05) is 18.0 Å². The van der Waals surface area contributed by atoms with Gasteiger partial charge >= 0.3 is 5.97 Å². The highest BCUT2D eigenvalue weighted by Gasteiger charge is 2.27. The van der Waals surface area contributed by atoms with E-state index in [1.807, 2.05) is 18.2 Å². The van der Waals surface area contributed by atoms with Gasteiger partial charge in [-0.15, -0.1) is 0 Å². The van der Waals surface area contributed by atoms with Gasteiger partial charge in [0.25, 0.3) is 11.1 Å². The second kappa shape index (κ2) is 6.99. The molecule has 0 radical (unpaired) electrons. The number of carboxylic acids is 1. The average molecular weight is 384 g/mol. The third-order valence-electron chi connectivity index (χ3n) is 4.72. The standard InChI is InChI=1S/C18H16N4O4S/c23-16-14(27-18(26)21-16)8-10-1-2-13-12(7-10)15(20-9-19-13)22-5-3-11(4-6-22)17(24)25/h1-2,7-9,11H,3-6H2,(H,24,25)(H,21,23,26)/b14-8+. The minimum absolute atomic E-state index is 0.315. The van der Waals surface area contributed by atoms with Gasteiger partial charge in [-0.25, -0.2) is 9.97 Å². The highest BCUT2D eigenvalue weighted by atomic mass is 32.2. The number of thioether (sulfide) groups is 1. The van der Waals surface area contributed by atoms with Crippen LogP contribution in [0.1, 0.15) is 18.4 Å². The third kappa shape index (κ3) is 3.50. The first-order valence-corrected chi connectivity index (χ1v) is 9.30. The molecule has 1 aromatic carbocycles. The second-order valence-electron chi connectivity index (χ2n) is 6.43. The third-order valence-corrected chi connectivity index (χ3v) is 5.53. The number of imide groups is 1. The van der Waals surface area contributed by atoms with Gasteiger partial charge in [0.15, 0.2) is 0 Å². The Kier molecular flexibility index (Phi) is 4.53. The van der Waals surface area contributed by atoms with Crippen molar-refractivity contribution in [3.8, 4) is 0 Å². The number of amides is 2. The quantitative estimate of drug-likeness (QED) is 0.775. The van der Waals surface area contributed by atoms with E-state index in [2.05, 4.69) is 20.2 Å². The van der Waals surface area contributed by atoms with Crippen molar-refractivity contribution in [1.82, 2.24) is 15.3 Å². The van der Waals surface area contributed by atoms with Gasteiger partial charge in [-0.1, -0.05) is 6.07 Å². The zero-order valence-corrected chi connectivity index (χ0v) is 15.0. The molecule has 27 heavy (non-hydrogen) atoms. The van der Waals surface area contributed by atoms with E-state index in [0.717, 1.165) is 34.0 Å². The topological polar surface area (TPSA) is 112 Å². The molecule has 2 N–H and O–H groups in total. The zero-order chi connectivity index (χ0) is 19.0. The highest BCUT2D eigenvalue weighted by molar-refractivity contribution is 8.18. The van der Waals surface area contributed by atoms with Crippen molar-refractivity contribution in [2.45, 2.75) is 12.8 Å². The molecule has 3 heterocycles. The number of nitrogens with one attached hydrogen (secondary N) is 1. The summed E-state index contributed by atoms with van der Waals surface area (Å²) in [6.07, 6.45) is 4.31. The van der Waals surface area contributed by atoms with Crippen LogP contribution in [0.15, 0.2) is 29.4 Å². The summed E-state index contributed by atoms with van der Waals surface area (Å²) in [4.78, 5) is 45.3. The first-order valence-electron chi connectivity index (χ1n) is 8.48. The van der Waals surface area contributed by atoms with Crippen LogP contribution in [0.4, 0.5) is 10.6 Å². The number of aromatic nitrogens is 2. The number of piperidine rings is 1. The van der Waals surface area contributed by atoms with E-state index in [4.69, 9.17) is 5.11 Å². The molecular formula is C18H16N4O4S.